The number of aromatic carboxylic acids is 1. The molecule has 0 radical (unpaired) electrons. The van der Waals surface area contributed by atoms with Crippen LogP contribution in [0.1, 0.15) is 29.3 Å². The van der Waals surface area contributed by atoms with Gasteiger partial charge in [-0.1, -0.05) is 25.2 Å². The lowest BCUT2D eigenvalue weighted by Crippen LogP contribution is -2.01. The molecule has 0 aromatic heterocycles. The molecule has 0 saturated heterocycles. The van der Waals surface area contributed by atoms with Crippen molar-refractivity contribution in [3.8, 4) is 5.75 Å². The third kappa shape index (κ3) is 2.09. The van der Waals surface area contributed by atoms with Crippen LogP contribution in [0.4, 0.5) is 0 Å². The normalized spacial score (nSPS) is 9.79. The topological polar surface area (TPSA) is 57.5 Å². The molecule has 0 spiro atoms. The van der Waals surface area contributed by atoms with Crippen LogP contribution in [0, 0.1) is 0 Å². The van der Waals surface area contributed by atoms with E-state index >= 15 is 0 Å². The molecule has 0 heterocycles. The van der Waals surface area contributed by atoms with Gasteiger partial charge in [0.05, 0.1) is 0 Å². The molecule has 1 aromatic carbocycles. The summed E-state index contributed by atoms with van der Waals surface area (Å²) in [5, 5.41) is 18.0. The average Bonchev–Trinajstić information content (AvgIpc) is 2.17. The van der Waals surface area contributed by atoms with Crippen molar-refractivity contribution in [2.24, 2.45) is 0 Å². The molecule has 0 aliphatic rings. The predicted octanol–water partition coefficient (Wildman–Crippen LogP) is 2.22. The number of aromatic hydroxyl groups is 1. The van der Waals surface area contributed by atoms with Gasteiger partial charge in [-0.25, -0.2) is 4.79 Å². The Kier molecular flexibility index (Phi) is 3.19. The minimum atomic E-state index is -1.15. The van der Waals surface area contributed by atoms with Crippen LogP contribution in [0.5, 0.6) is 5.75 Å². The molecule has 0 aliphatic heterocycles. The molecule has 3 nitrogen and oxygen atoms in total. The van der Waals surface area contributed by atoms with Gasteiger partial charge in [-0.05, 0) is 24.1 Å². The lowest BCUT2D eigenvalue weighted by atomic mass is 10.1. The van der Waals surface area contributed by atoms with Crippen molar-refractivity contribution in [3.05, 3.63) is 29.3 Å². The summed E-state index contributed by atoms with van der Waals surface area (Å²) in [4.78, 5) is 11.4. The van der Waals surface area contributed by atoms with Gasteiger partial charge in [-0.2, -0.15) is 0 Å². The van der Waals surface area contributed by atoms with Gasteiger partial charge in [-0.15, -0.1) is 0 Å². The number of hydrogen-bond acceptors (Lipinski definition) is 3. The summed E-state index contributed by atoms with van der Waals surface area (Å²) in [6.07, 6.45) is 0.680. The fraction of sp³-hybridized carbons (Fsp3) is 0.200. The first-order valence-corrected chi connectivity index (χ1v) is 4.56. The fourth-order valence-electron chi connectivity index (χ4n) is 1.08. The summed E-state index contributed by atoms with van der Waals surface area (Å²) in [7, 11) is 0. The van der Waals surface area contributed by atoms with E-state index in [1.165, 1.54) is 12.1 Å². The first-order valence-electron chi connectivity index (χ1n) is 4.15. The van der Waals surface area contributed by atoms with Gasteiger partial charge in [-0.3, -0.25) is 0 Å². The van der Waals surface area contributed by atoms with Crippen molar-refractivity contribution in [3.63, 3.8) is 0 Å². The van der Waals surface area contributed by atoms with Crippen LogP contribution in [-0.4, -0.2) is 21.0 Å². The van der Waals surface area contributed by atoms with Crippen molar-refractivity contribution in [2.45, 2.75) is 13.3 Å². The summed E-state index contributed by atoms with van der Waals surface area (Å²) >= 11 is 5.04. The number of benzene rings is 1. The van der Waals surface area contributed by atoms with E-state index in [-0.39, 0.29) is 11.3 Å². The average molecular weight is 210 g/mol. The lowest BCUT2D eigenvalue weighted by molar-refractivity contribution is 0.0693. The van der Waals surface area contributed by atoms with E-state index in [4.69, 9.17) is 17.3 Å². The second-order valence-corrected chi connectivity index (χ2v) is 3.31. The summed E-state index contributed by atoms with van der Waals surface area (Å²) < 4.78 is 0. The van der Waals surface area contributed by atoms with Crippen LogP contribution in [0.25, 0.3) is 0 Å². The van der Waals surface area contributed by atoms with E-state index in [0.29, 0.717) is 16.8 Å². The highest BCUT2D eigenvalue weighted by atomic mass is 32.1. The summed E-state index contributed by atoms with van der Waals surface area (Å²) in [6.45, 7) is 1.90. The molecule has 0 aliphatic carbocycles. The minimum absolute atomic E-state index is 0.113. The largest absolute Gasteiger partial charge is 0.507 e. The maximum atomic E-state index is 10.7. The van der Waals surface area contributed by atoms with Crippen molar-refractivity contribution < 1.29 is 15.0 Å². The van der Waals surface area contributed by atoms with Crippen molar-refractivity contribution in [1.82, 2.24) is 0 Å². The Morgan fingerprint density at radius 2 is 2.14 bits per heavy atom. The Hall–Kier alpha value is -1.42. The Morgan fingerprint density at radius 1 is 1.50 bits per heavy atom. The number of phenols is 1. The number of rotatable bonds is 3. The highest BCUT2D eigenvalue weighted by Gasteiger charge is 2.11. The van der Waals surface area contributed by atoms with Gasteiger partial charge in [0.15, 0.2) is 0 Å². The zero-order valence-corrected chi connectivity index (χ0v) is 8.47. The van der Waals surface area contributed by atoms with Crippen LogP contribution in [0.2, 0.25) is 0 Å². The molecule has 0 unspecified atom stereocenters. The Balaban J connectivity index is 3.19. The van der Waals surface area contributed by atoms with Crippen LogP contribution in [0.3, 0.4) is 0 Å². The van der Waals surface area contributed by atoms with E-state index in [0.717, 1.165) is 0 Å². The van der Waals surface area contributed by atoms with Gasteiger partial charge in [0.2, 0.25) is 0 Å². The van der Waals surface area contributed by atoms with Crippen LogP contribution in [0.15, 0.2) is 18.2 Å². The molecular weight excluding hydrogens is 200 g/mol. The van der Waals surface area contributed by atoms with Crippen molar-refractivity contribution in [1.29, 1.82) is 0 Å². The number of carboxylic acids is 1. The monoisotopic (exact) mass is 210 g/mol. The summed E-state index contributed by atoms with van der Waals surface area (Å²) in [5.74, 6) is -1.39. The van der Waals surface area contributed by atoms with Crippen molar-refractivity contribution >= 4 is 23.1 Å². The fourth-order valence-corrected chi connectivity index (χ4v) is 1.21. The molecule has 1 rings (SSSR count). The number of carbonyl (C=O) groups is 1. The third-order valence-corrected chi connectivity index (χ3v) is 2.39. The van der Waals surface area contributed by atoms with E-state index in [1.54, 1.807) is 6.07 Å². The second kappa shape index (κ2) is 4.19. The zero-order valence-electron chi connectivity index (χ0n) is 7.65. The van der Waals surface area contributed by atoms with E-state index in [2.05, 4.69) is 0 Å². The summed E-state index contributed by atoms with van der Waals surface area (Å²) in [6, 6.07) is 4.36. The second-order valence-electron chi connectivity index (χ2n) is 2.81. The summed E-state index contributed by atoms with van der Waals surface area (Å²) in [5.41, 5.74) is 0.566. The minimum Gasteiger partial charge on any atom is -0.507 e. The first-order chi connectivity index (χ1) is 6.56. The Bertz CT molecular complexity index is 385. The molecule has 1 aromatic rings. The van der Waals surface area contributed by atoms with Gasteiger partial charge < -0.3 is 10.2 Å². The number of carboxylic acid groups (broad SMARTS) is 1. The molecule has 0 atom stereocenters. The van der Waals surface area contributed by atoms with Gasteiger partial charge in [0.1, 0.15) is 11.3 Å². The zero-order chi connectivity index (χ0) is 10.7. The molecule has 4 heteroatoms. The molecule has 74 valence electrons. The molecule has 0 fully saturated rings. The predicted molar refractivity (Wildman–Crippen MR) is 57.1 cm³/mol. The Labute approximate surface area is 87.0 Å². The molecule has 0 saturated carbocycles. The Morgan fingerprint density at radius 3 is 2.64 bits per heavy atom. The van der Waals surface area contributed by atoms with E-state index < -0.39 is 5.97 Å². The number of thiocarbonyl (C=S) groups is 1. The maximum absolute atomic E-state index is 10.7. The smallest absolute Gasteiger partial charge is 0.339 e. The standard InChI is InChI=1S/C10H10O3S/c1-2-9(14)6-3-4-8(11)7(5-6)10(12)13/h3-5,11H,2H2,1H3,(H,12,13). The van der Waals surface area contributed by atoms with E-state index in [9.17, 15) is 9.90 Å². The molecule has 2 N–H and O–H groups in total. The molecular formula is C10H10O3S. The van der Waals surface area contributed by atoms with Crippen LogP contribution < -0.4 is 0 Å². The third-order valence-electron chi connectivity index (χ3n) is 1.87. The highest BCUT2D eigenvalue weighted by molar-refractivity contribution is 7.80. The molecule has 0 bridgehead atoms. The van der Waals surface area contributed by atoms with E-state index in [1.807, 2.05) is 6.92 Å². The van der Waals surface area contributed by atoms with Crippen LogP contribution >= 0.6 is 12.2 Å². The SMILES string of the molecule is CCC(=S)c1ccc(O)c(C(=O)O)c1. The lowest BCUT2D eigenvalue weighted by Gasteiger charge is -2.04. The molecule has 0 amide bonds. The number of hydrogen-bond donors (Lipinski definition) is 2. The van der Waals surface area contributed by atoms with Gasteiger partial charge in [0, 0.05) is 4.86 Å². The highest BCUT2D eigenvalue weighted by Crippen LogP contribution is 2.19. The molecule has 14 heavy (non-hydrogen) atoms. The quantitative estimate of drug-likeness (QED) is 0.593. The van der Waals surface area contributed by atoms with Gasteiger partial charge >= 0.3 is 5.97 Å². The maximum Gasteiger partial charge on any atom is 0.339 e. The van der Waals surface area contributed by atoms with Crippen molar-refractivity contribution in [2.75, 3.05) is 0 Å². The first kappa shape index (κ1) is 10.7. The van der Waals surface area contributed by atoms with Gasteiger partial charge in [0.25, 0.3) is 0 Å². The van der Waals surface area contributed by atoms with Crippen LogP contribution in [-0.2, 0) is 0 Å².